The SMILES string of the molecule is CCCN(CC1CCCNC1)C(C)c1cccnc1. The van der Waals surface area contributed by atoms with Gasteiger partial charge < -0.3 is 5.32 Å². The molecule has 106 valence electrons. The van der Waals surface area contributed by atoms with Crippen molar-refractivity contribution in [2.45, 2.75) is 39.2 Å². The zero-order valence-corrected chi connectivity index (χ0v) is 12.3. The number of piperidine rings is 1. The third kappa shape index (κ3) is 4.29. The van der Waals surface area contributed by atoms with E-state index in [1.165, 1.54) is 51.0 Å². The maximum absolute atomic E-state index is 4.26. The molecule has 1 fully saturated rings. The van der Waals surface area contributed by atoms with E-state index in [0.717, 1.165) is 5.92 Å². The van der Waals surface area contributed by atoms with Crippen molar-refractivity contribution in [1.29, 1.82) is 0 Å². The predicted octanol–water partition coefficient (Wildman–Crippen LogP) is 2.85. The first-order chi connectivity index (χ1) is 9.31. The van der Waals surface area contributed by atoms with Gasteiger partial charge in [-0.25, -0.2) is 0 Å². The van der Waals surface area contributed by atoms with Gasteiger partial charge in [-0.15, -0.1) is 0 Å². The fourth-order valence-corrected chi connectivity index (χ4v) is 2.98. The van der Waals surface area contributed by atoms with Gasteiger partial charge in [-0.2, -0.15) is 0 Å². The number of hydrogen-bond acceptors (Lipinski definition) is 3. The minimum Gasteiger partial charge on any atom is -0.316 e. The molecule has 2 heterocycles. The summed E-state index contributed by atoms with van der Waals surface area (Å²) in [5, 5.41) is 3.52. The van der Waals surface area contributed by atoms with Gasteiger partial charge in [-0.3, -0.25) is 9.88 Å². The highest BCUT2D eigenvalue weighted by Gasteiger charge is 2.21. The number of nitrogens with zero attached hydrogens (tertiary/aromatic N) is 2. The lowest BCUT2D eigenvalue weighted by Gasteiger charge is -2.34. The summed E-state index contributed by atoms with van der Waals surface area (Å²) in [6, 6.07) is 4.70. The summed E-state index contributed by atoms with van der Waals surface area (Å²) in [5.41, 5.74) is 1.33. The van der Waals surface area contributed by atoms with Crippen molar-refractivity contribution in [3.8, 4) is 0 Å². The van der Waals surface area contributed by atoms with E-state index in [9.17, 15) is 0 Å². The van der Waals surface area contributed by atoms with E-state index in [1.54, 1.807) is 0 Å². The maximum atomic E-state index is 4.26. The lowest BCUT2D eigenvalue weighted by Crippen LogP contribution is -2.39. The Morgan fingerprint density at radius 3 is 3.05 bits per heavy atom. The van der Waals surface area contributed by atoms with Crippen molar-refractivity contribution in [1.82, 2.24) is 15.2 Å². The molecule has 0 saturated carbocycles. The lowest BCUT2D eigenvalue weighted by molar-refractivity contribution is 0.163. The molecule has 2 rings (SSSR count). The van der Waals surface area contributed by atoms with E-state index >= 15 is 0 Å². The molecule has 2 atom stereocenters. The average Bonchev–Trinajstić information content (AvgIpc) is 2.48. The standard InChI is InChI=1S/C16H27N3/c1-3-10-19(13-15-6-4-8-17-11-15)14(2)16-7-5-9-18-12-16/h5,7,9,12,14-15,17H,3-4,6,8,10-11,13H2,1-2H3. The van der Waals surface area contributed by atoms with Crippen molar-refractivity contribution in [2.24, 2.45) is 5.92 Å². The smallest absolute Gasteiger partial charge is 0.0335 e. The van der Waals surface area contributed by atoms with Gasteiger partial charge in [0.05, 0.1) is 0 Å². The minimum absolute atomic E-state index is 0.468. The Balaban J connectivity index is 1.97. The Hall–Kier alpha value is -0.930. The first kappa shape index (κ1) is 14.5. The first-order valence-corrected chi connectivity index (χ1v) is 7.66. The predicted molar refractivity (Wildman–Crippen MR) is 80.1 cm³/mol. The molecule has 0 radical (unpaired) electrons. The first-order valence-electron chi connectivity index (χ1n) is 7.66. The van der Waals surface area contributed by atoms with E-state index in [1.807, 2.05) is 18.5 Å². The van der Waals surface area contributed by atoms with E-state index in [-0.39, 0.29) is 0 Å². The van der Waals surface area contributed by atoms with Crippen molar-refractivity contribution >= 4 is 0 Å². The number of nitrogens with one attached hydrogen (secondary N) is 1. The molecule has 1 N–H and O–H groups in total. The topological polar surface area (TPSA) is 28.2 Å². The van der Waals surface area contributed by atoms with Crippen LogP contribution in [0.4, 0.5) is 0 Å². The molecule has 1 aliphatic heterocycles. The van der Waals surface area contributed by atoms with Gasteiger partial charge in [0, 0.05) is 25.0 Å². The fourth-order valence-electron chi connectivity index (χ4n) is 2.98. The largest absolute Gasteiger partial charge is 0.316 e. The second-order valence-electron chi connectivity index (χ2n) is 5.67. The van der Waals surface area contributed by atoms with Crippen LogP contribution in [0.5, 0.6) is 0 Å². The molecule has 0 amide bonds. The molecule has 0 bridgehead atoms. The third-order valence-corrected chi connectivity index (χ3v) is 4.12. The summed E-state index contributed by atoms with van der Waals surface area (Å²) in [4.78, 5) is 6.88. The Morgan fingerprint density at radius 2 is 2.42 bits per heavy atom. The average molecular weight is 261 g/mol. The highest BCUT2D eigenvalue weighted by atomic mass is 15.2. The molecule has 19 heavy (non-hydrogen) atoms. The van der Waals surface area contributed by atoms with Crippen LogP contribution in [0.3, 0.4) is 0 Å². The Labute approximate surface area is 117 Å². The Kier molecular flexibility index (Phi) is 5.80. The van der Waals surface area contributed by atoms with E-state index in [2.05, 4.69) is 35.1 Å². The van der Waals surface area contributed by atoms with Crippen LogP contribution >= 0.6 is 0 Å². The molecule has 2 unspecified atom stereocenters. The zero-order valence-electron chi connectivity index (χ0n) is 12.3. The van der Waals surface area contributed by atoms with Crippen molar-refractivity contribution in [3.63, 3.8) is 0 Å². The zero-order chi connectivity index (χ0) is 13.5. The molecule has 1 aromatic rings. The molecular formula is C16H27N3. The number of aromatic nitrogens is 1. The van der Waals surface area contributed by atoms with Crippen molar-refractivity contribution in [2.75, 3.05) is 26.2 Å². The molecule has 3 heteroatoms. The summed E-state index contributed by atoms with van der Waals surface area (Å²) in [6.07, 6.45) is 7.77. The summed E-state index contributed by atoms with van der Waals surface area (Å²) < 4.78 is 0. The van der Waals surface area contributed by atoms with Gasteiger partial charge in [0.15, 0.2) is 0 Å². The number of pyridine rings is 1. The van der Waals surface area contributed by atoms with Gasteiger partial charge in [-0.1, -0.05) is 13.0 Å². The molecule has 0 spiro atoms. The van der Waals surface area contributed by atoms with Gasteiger partial charge in [0.1, 0.15) is 0 Å². The minimum atomic E-state index is 0.468. The monoisotopic (exact) mass is 261 g/mol. The molecule has 0 aromatic carbocycles. The summed E-state index contributed by atoms with van der Waals surface area (Å²) in [5.74, 6) is 0.805. The Morgan fingerprint density at radius 1 is 1.53 bits per heavy atom. The summed E-state index contributed by atoms with van der Waals surface area (Å²) in [6.45, 7) is 9.33. The van der Waals surface area contributed by atoms with Crippen LogP contribution in [0.25, 0.3) is 0 Å². The van der Waals surface area contributed by atoms with Crippen molar-refractivity contribution in [3.05, 3.63) is 30.1 Å². The second kappa shape index (κ2) is 7.61. The van der Waals surface area contributed by atoms with Crippen LogP contribution in [0.1, 0.15) is 44.7 Å². The lowest BCUT2D eigenvalue weighted by atomic mass is 9.97. The van der Waals surface area contributed by atoms with Gasteiger partial charge in [-0.05, 0) is 63.4 Å². The molecule has 0 aliphatic carbocycles. The normalized spacial score (nSPS) is 21.5. The maximum Gasteiger partial charge on any atom is 0.0335 e. The summed E-state index contributed by atoms with van der Waals surface area (Å²) >= 11 is 0. The fraction of sp³-hybridized carbons (Fsp3) is 0.688. The number of rotatable bonds is 6. The molecule has 1 aliphatic rings. The third-order valence-electron chi connectivity index (χ3n) is 4.12. The molecular weight excluding hydrogens is 234 g/mol. The number of hydrogen-bond donors (Lipinski definition) is 1. The highest BCUT2D eigenvalue weighted by Crippen LogP contribution is 2.22. The van der Waals surface area contributed by atoms with E-state index in [0.29, 0.717) is 6.04 Å². The second-order valence-corrected chi connectivity index (χ2v) is 5.67. The molecule has 1 saturated heterocycles. The van der Waals surface area contributed by atoms with Crippen LogP contribution in [-0.2, 0) is 0 Å². The quantitative estimate of drug-likeness (QED) is 0.853. The summed E-state index contributed by atoms with van der Waals surface area (Å²) in [7, 11) is 0. The highest BCUT2D eigenvalue weighted by molar-refractivity contribution is 5.13. The van der Waals surface area contributed by atoms with E-state index < -0.39 is 0 Å². The van der Waals surface area contributed by atoms with Gasteiger partial charge >= 0.3 is 0 Å². The van der Waals surface area contributed by atoms with Crippen LogP contribution in [0.15, 0.2) is 24.5 Å². The van der Waals surface area contributed by atoms with Gasteiger partial charge in [0.2, 0.25) is 0 Å². The van der Waals surface area contributed by atoms with E-state index in [4.69, 9.17) is 0 Å². The van der Waals surface area contributed by atoms with Crippen molar-refractivity contribution < 1.29 is 0 Å². The van der Waals surface area contributed by atoms with Crippen LogP contribution < -0.4 is 5.32 Å². The van der Waals surface area contributed by atoms with Crippen LogP contribution in [0, 0.1) is 5.92 Å². The van der Waals surface area contributed by atoms with Crippen LogP contribution in [0.2, 0.25) is 0 Å². The molecule has 3 nitrogen and oxygen atoms in total. The molecule has 1 aromatic heterocycles. The Bertz CT molecular complexity index is 346. The van der Waals surface area contributed by atoms with Gasteiger partial charge in [0.25, 0.3) is 0 Å². The van der Waals surface area contributed by atoms with Crippen LogP contribution in [-0.4, -0.2) is 36.1 Å².